The molecule has 1 aliphatic rings. The zero-order valence-corrected chi connectivity index (χ0v) is 20.2. The van der Waals surface area contributed by atoms with Crippen molar-refractivity contribution >= 4 is 28.4 Å². The summed E-state index contributed by atoms with van der Waals surface area (Å²) in [6.07, 6.45) is 1.51. The maximum absolute atomic E-state index is 12.9. The van der Waals surface area contributed by atoms with E-state index < -0.39 is 6.04 Å². The van der Waals surface area contributed by atoms with Gasteiger partial charge >= 0.3 is 0 Å². The van der Waals surface area contributed by atoms with E-state index in [-0.39, 0.29) is 30.6 Å². The molecule has 0 saturated carbocycles. The molecule has 1 atom stereocenters. The number of Topliss-reactive ketones (excluding diaryl/α,β-unsaturated/α-hetero) is 1. The quantitative estimate of drug-likeness (QED) is 0.263. The number of nitrogens with zero attached hydrogens (tertiary/aromatic N) is 1. The molecule has 1 aliphatic heterocycles. The van der Waals surface area contributed by atoms with E-state index in [2.05, 4.69) is 31.2 Å². The lowest BCUT2D eigenvalue weighted by atomic mass is 9.98. The average molecular weight is 477 g/mol. The van der Waals surface area contributed by atoms with Gasteiger partial charge in [0.15, 0.2) is 5.78 Å². The van der Waals surface area contributed by atoms with Gasteiger partial charge in [0.1, 0.15) is 0 Å². The summed E-state index contributed by atoms with van der Waals surface area (Å²) in [5, 5.41) is 1.84. The van der Waals surface area contributed by atoms with Gasteiger partial charge in [0.2, 0.25) is 0 Å². The lowest BCUT2D eigenvalue weighted by Crippen LogP contribution is -2.35. The Morgan fingerprint density at radius 2 is 1.33 bits per heavy atom. The van der Waals surface area contributed by atoms with E-state index in [0.29, 0.717) is 23.1 Å². The van der Waals surface area contributed by atoms with Gasteiger partial charge in [-0.05, 0) is 52.4 Å². The van der Waals surface area contributed by atoms with Gasteiger partial charge in [-0.1, -0.05) is 79.7 Å². The van der Waals surface area contributed by atoms with Gasteiger partial charge in [-0.25, -0.2) is 0 Å². The normalized spacial score (nSPS) is 13.8. The molecule has 2 N–H and O–H groups in total. The lowest BCUT2D eigenvalue weighted by molar-refractivity contribution is 0.0650. The highest BCUT2D eigenvalue weighted by atomic mass is 16.2. The fourth-order valence-electron chi connectivity index (χ4n) is 4.71. The van der Waals surface area contributed by atoms with Crippen molar-refractivity contribution in [1.82, 2.24) is 4.90 Å². The summed E-state index contributed by atoms with van der Waals surface area (Å²) in [4.78, 5) is 39.8. The Hall–Kier alpha value is -4.09. The second kappa shape index (κ2) is 9.88. The van der Waals surface area contributed by atoms with Gasteiger partial charge in [-0.15, -0.1) is 0 Å². The molecule has 5 heteroatoms. The standard InChI is InChI=1S/C31H28N2O3/c1-2-20-7-9-21(10-8-20)22-11-13-23(14-12-22)29(34)19-26(32)15-16-33-30(35)27-17-24-5-3-4-6-25(24)18-28(27)31(33)36/h3-14,17-18,26H,2,15-16,19,32H2,1H3. The second-order valence-electron chi connectivity index (χ2n) is 9.31. The maximum Gasteiger partial charge on any atom is 0.261 e. The molecular formula is C31H28N2O3. The van der Waals surface area contributed by atoms with Crippen LogP contribution in [0.3, 0.4) is 0 Å². The highest BCUT2D eigenvalue weighted by Crippen LogP contribution is 2.28. The number of amides is 2. The van der Waals surface area contributed by atoms with Gasteiger partial charge in [-0.3, -0.25) is 19.3 Å². The predicted molar refractivity (Wildman–Crippen MR) is 142 cm³/mol. The van der Waals surface area contributed by atoms with Crippen LogP contribution in [0.15, 0.2) is 84.9 Å². The fraction of sp³-hybridized carbons (Fsp3) is 0.194. The minimum absolute atomic E-state index is 0.0519. The van der Waals surface area contributed by atoms with Crippen LogP contribution in [0.1, 0.15) is 56.4 Å². The average Bonchev–Trinajstić information content (AvgIpc) is 3.14. The van der Waals surface area contributed by atoms with Crippen LogP contribution >= 0.6 is 0 Å². The summed E-state index contributed by atoms with van der Waals surface area (Å²) < 4.78 is 0. The molecule has 0 bridgehead atoms. The molecule has 0 aliphatic carbocycles. The zero-order chi connectivity index (χ0) is 25.2. The van der Waals surface area contributed by atoms with Crippen molar-refractivity contribution < 1.29 is 14.4 Å². The third-order valence-electron chi connectivity index (χ3n) is 6.91. The highest BCUT2D eigenvalue weighted by molar-refractivity contribution is 6.23. The van der Waals surface area contributed by atoms with E-state index in [9.17, 15) is 14.4 Å². The van der Waals surface area contributed by atoms with E-state index in [4.69, 9.17) is 5.73 Å². The summed E-state index contributed by atoms with van der Waals surface area (Å²) in [7, 11) is 0. The van der Waals surface area contributed by atoms with Crippen molar-refractivity contribution in [2.45, 2.75) is 32.2 Å². The molecule has 1 unspecified atom stereocenters. The minimum Gasteiger partial charge on any atom is -0.327 e. The Morgan fingerprint density at radius 1 is 0.806 bits per heavy atom. The number of hydrogen-bond acceptors (Lipinski definition) is 4. The molecule has 180 valence electrons. The first-order valence-corrected chi connectivity index (χ1v) is 12.3. The molecule has 4 aromatic rings. The molecule has 0 radical (unpaired) electrons. The molecule has 1 heterocycles. The van der Waals surface area contributed by atoms with Crippen LogP contribution in [0.4, 0.5) is 0 Å². The molecule has 4 aromatic carbocycles. The Labute approximate surface area is 210 Å². The lowest BCUT2D eigenvalue weighted by Gasteiger charge is -2.17. The summed E-state index contributed by atoms with van der Waals surface area (Å²) >= 11 is 0. The second-order valence-corrected chi connectivity index (χ2v) is 9.31. The van der Waals surface area contributed by atoms with E-state index in [1.54, 1.807) is 12.1 Å². The number of hydrogen-bond donors (Lipinski definition) is 1. The zero-order valence-electron chi connectivity index (χ0n) is 20.2. The summed E-state index contributed by atoms with van der Waals surface area (Å²) in [5.41, 5.74) is 11.1. The van der Waals surface area contributed by atoms with Crippen LogP contribution in [-0.4, -0.2) is 35.1 Å². The van der Waals surface area contributed by atoms with Crippen LogP contribution < -0.4 is 5.73 Å². The molecule has 5 rings (SSSR count). The van der Waals surface area contributed by atoms with E-state index >= 15 is 0 Å². The number of carbonyl (C=O) groups is 3. The molecule has 0 fully saturated rings. The van der Waals surface area contributed by atoms with Crippen molar-refractivity contribution in [3.63, 3.8) is 0 Å². The number of imide groups is 1. The highest BCUT2D eigenvalue weighted by Gasteiger charge is 2.35. The van der Waals surface area contributed by atoms with Crippen LogP contribution in [0, 0.1) is 0 Å². The van der Waals surface area contributed by atoms with Crippen LogP contribution in [-0.2, 0) is 6.42 Å². The minimum atomic E-state index is -0.456. The molecular weight excluding hydrogens is 448 g/mol. The maximum atomic E-state index is 12.9. The third-order valence-corrected chi connectivity index (χ3v) is 6.91. The largest absolute Gasteiger partial charge is 0.327 e. The van der Waals surface area contributed by atoms with Crippen LogP contribution in [0.5, 0.6) is 0 Å². The molecule has 2 amide bonds. The molecule has 0 aromatic heterocycles. The fourth-order valence-corrected chi connectivity index (χ4v) is 4.71. The third kappa shape index (κ3) is 4.58. The van der Waals surface area contributed by atoms with Crippen LogP contribution in [0.25, 0.3) is 21.9 Å². The summed E-state index contributed by atoms with van der Waals surface area (Å²) in [6, 6.07) is 26.7. The Morgan fingerprint density at radius 3 is 1.86 bits per heavy atom. The number of nitrogens with two attached hydrogens (primary N) is 1. The topological polar surface area (TPSA) is 80.5 Å². The summed E-state index contributed by atoms with van der Waals surface area (Å²) in [6.45, 7) is 2.31. The molecule has 5 nitrogen and oxygen atoms in total. The number of carbonyl (C=O) groups excluding carboxylic acids is 3. The SMILES string of the molecule is CCc1ccc(-c2ccc(C(=O)CC(N)CCN3C(=O)c4cc5ccccc5cc4C3=O)cc2)cc1. The van der Waals surface area contributed by atoms with Crippen molar-refractivity contribution in [3.05, 3.63) is 107 Å². The molecule has 0 saturated heterocycles. The van der Waals surface area contributed by atoms with Crippen molar-refractivity contribution in [2.24, 2.45) is 5.73 Å². The number of ketones is 1. The van der Waals surface area contributed by atoms with E-state index in [0.717, 1.165) is 28.3 Å². The van der Waals surface area contributed by atoms with Gasteiger partial charge in [0.05, 0.1) is 11.1 Å². The Bertz CT molecular complexity index is 1400. The Balaban J connectivity index is 1.19. The molecule has 36 heavy (non-hydrogen) atoms. The summed E-state index contributed by atoms with van der Waals surface area (Å²) in [5.74, 6) is -0.660. The van der Waals surface area contributed by atoms with Crippen LogP contribution in [0.2, 0.25) is 0 Å². The monoisotopic (exact) mass is 476 g/mol. The Kier molecular flexibility index (Phi) is 6.49. The smallest absolute Gasteiger partial charge is 0.261 e. The van der Waals surface area contributed by atoms with Crippen molar-refractivity contribution in [1.29, 1.82) is 0 Å². The first kappa shape index (κ1) is 23.6. The predicted octanol–water partition coefficient (Wildman–Crippen LogP) is 5.66. The number of benzene rings is 4. The van der Waals surface area contributed by atoms with Crippen molar-refractivity contribution in [3.8, 4) is 11.1 Å². The number of aryl methyl sites for hydroxylation is 1. The molecule has 0 spiro atoms. The van der Waals surface area contributed by atoms with Gasteiger partial charge in [0.25, 0.3) is 11.8 Å². The van der Waals surface area contributed by atoms with Gasteiger partial charge in [0, 0.05) is 24.6 Å². The number of fused-ring (bicyclic) bond motifs is 2. The first-order chi connectivity index (χ1) is 17.4. The first-order valence-electron chi connectivity index (χ1n) is 12.3. The van der Waals surface area contributed by atoms with E-state index in [1.807, 2.05) is 48.5 Å². The number of rotatable bonds is 8. The van der Waals surface area contributed by atoms with E-state index in [1.165, 1.54) is 10.5 Å². The van der Waals surface area contributed by atoms with Gasteiger partial charge in [-0.2, -0.15) is 0 Å². The van der Waals surface area contributed by atoms with Gasteiger partial charge < -0.3 is 5.73 Å². The van der Waals surface area contributed by atoms with Crippen molar-refractivity contribution in [2.75, 3.05) is 6.54 Å².